The maximum absolute atomic E-state index is 4.23. The number of nitrogens with zero attached hydrogens (tertiary/aromatic N) is 2. The molecule has 1 saturated carbocycles. The molecule has 1 heterocycles. The second kappa shape index (κ2) is 5.48. The van der Waals surface area contributed by atoms with Gasteiger partial charge in [0.05, 0.1) is 0 Å². The predicted octanol–water partition coefficient (Wildman–Crippen LogP) is 2.88. The Bertz CT molecular complexity index is 352. The van der Waals surface area contributed by atoms with E-state index in [2.05, 4.69) is 43.5 Å². The minimum absolute atomic E-state index is 0.853. The first-order chi connectivity index (χ1) is 7.81. The van der Waals surface area contributed by atoms with E-state index in [1.54, 1.807) is 6.33 Å². The van der Waals surface area contributed by atoms with Crippen molar-refractivity contribution < 1.29 is 0 Å². The summed E-state index contributed by atoms with van der Waals surface area (Å²) in [6.07, 6.45) is 5.62. The molecule has 0 unspecified atom stereocenters. The second-order valence-corrected chi connectivity index (χ2v) is 4.87. The highest BCUT2D eigenvalue weighted by Crippen LogP contribution is 2.32. The lowest BCUT2D eigenvalue weighted by Crippen LogP contribution is -2.08. The summed E-state index contributed by atoms with van der Waals surface area (Å²) in [6, 6.07) is 0. The van der Waals surface area contributed by atoms with Crippen molar-refractivity contribution in [2.45, 2.75) is 26.2 Å². The highest BCUT2D eigenvalue weighted by Gasteiger charge is 2.20. The zero-order valence-corrected chi connectivity index (χ0v) is 11.0. The van der Waals surface area contributed by atoms with E-state index in [0.29, 0.717) is 0 Å². The van der Waals surface area contributed by atoms with Crippen molar-refractivity contribution in [2.75, 3.05) is 23.7 Å². The summed E-state index contributed by atoms with van der Waals surface area (Å²) in [5.41, 5.74) is 0. The maximum atomic E-state index is 4.23. The summed E-state index contributed by atoms with van der Waals surface area (Å²) < 4.78 is 0.924. The molecule has 1 aromatic heterocycles. The van der Waals surface area contributed by atoms with Crippen molar-refractivity contribution in [2.24, 2.45) is 5.92 Å². The lowest BCUT2D eigenvalue weighted by Gasteiger charge is -2.10. The summed E-state index contributed by atoms with van der Waals surface area (Å²) in [7, 11) is 0. The topological polar surface area (TPSA) is 49.8 Å². The Hall–Kier alpha value is -0.840. The van der Waals surface area contributed by atoms with Gasteiger partial charge >= 0.3 is 0 Å². The average molecular weight is 285 g/mol. The fraction of sp³-hybridized carbons (Fsp3) is 0.636. The highest BCUT2D eigenvalue weighted by atomic mass is 79.9. The first kappa shape index (κ1) is 11.6. The van der Waals surface area contributed by atoms with E-state index < -0.39 is 0 Å². The molecule has 5 heteroatoms. The van der Waals surface area contributed by atoms with Crippen LogP contribution in [0.5, 0.6) is 0 Å². The predicted molar refractivity (Wildman–Crippen MR) is 69.7 cm³/mol. The van der Waals surface area contributed by atoms with E-state index in [1.165, 1.54) is 19.3 Å². The molecule has 0 spiro atoms. The van der Waals surface area contributed by atoms with Crippen LogP contribution in [-0.2, 0) is 0 Å². The summed E-state index contributed by atoms with van der Waals surface area (Å²) in [5.74, 6) is 2.68. The van der Waals surface area contributed by atoms with Crippen molar-refractivity contribution in [1.29, 1.82) is 0 Å². The van der Waals surface area contributed by atoms with E-state index in [-0.39, 0.29) is 0 Å². The fourth-order valence-electron chi connectivity index (χ4n) is 1.58. The van der Waals surface area contributed by atoms with Gasteiger partial charge in [-0.15, -0.1) is 0 Å². The van der Waals surface area contributed by atoms with E-state index in [9.17, 15) is 0 Å². The monoisotopic (exact) mass is 284 g/mol. The molecule has 0 aromatic carbocycles. The minimum Gasteiger partial charge on any atom is -0.369 e. The van der Waals surface area contributed by atoms with Crippen LogP contribution in [-0.4, -0.2) is 23.1 Å². The molecular formula is C11H17BrN4. The molecule has 0 atom stereocenters. The van der Waals surface area contributed by atoms with E-state index in [0.717, 1.165) is 35.1 Å². The Labute approximate surface area is 104 Å². The molecule has 1 aliphatic rings. The van der Waals surface area contributed by atoms with Crippen molar-refractivity contribution in [1.82, 2.24) is 9.97 Å². The molecule has 16 heavy (non-hydrogen) atoms. The molecule has 1 fully saturated rings. The van der Waals surface area contributed by atoms with E-state index >= 15 is 0 Å². The molecule has 4 nitrogen and oxygen atoms in total. The van der Waals surface area contributed by atoms with Gasteiger partial charge in [-0.1, -0.05) is 12.8 Å². The first-order valence-electron chi connectivity index (χ1n) is 5.79. The van der Waals surface area contributed by atoms with Crippen LogP contribution in [0.25, 0.3) is 0 Å². The standard InChI is InChI=1S/C11H17BrN4/c1-2-13-10-9(12)11(16-7-15-10)14-6-5-8-3-4-8/h7-8H,2-6H2,1H3,(H2,13,14,15,16). The summed E-state index contributed by atoms with van der Waals surface area (Å²) in [4.78, 5) is 8.40. The Balaban J connectivity index is 1.93. The smallest absolute Gasteiger partial charge is 0.145 e. The third kappa shape index (κ3) is 3.07. The normalized spacial score (nSPS) is 14.9. The van der Waals surface area contributed by atoms with Crippen LogP contribution in [0.1, 0.15) is 26.2 Å². The largest absolute Gasteiger partial charge is 0.369 e. The third-order valence-electron chi connectivity index (χ3n) is 2.68. The Kier molecular flexibility index (Phi) is 3.98. The molecule has 0 amide bonds. The SMILES string of the molecule is CCNc1ncnc(NCCC2CC2)c1Br. The van der Waals surface area contributed by atoms with Crippen LogP contribution in [0.3, 0.4) is 0 Å². The zero-order valence-electron chi connectivity index (χ0n) is 9.46. The van der Waals surface area contributed by atoms with Gasteiger partial charge in [-0.3, -0.25) is 0 Å². The molecule has 0 bridgehead atoms. The molecule has 0 saturated heterocycles. The average Bonchev–Trinajstić information content (AvgIpc) is 3.08. The Morgan fingerprint density at radius 1 is 1.31 bits per heavy atom. The highest BCUT2D eigenvalue weighted by molar-refractivity contribution is 9.10. The molecular weight excluding hydrogens is 268 g/mol. The van der Waals surface area contributed by atoms with Gasteiger partial charge in [-0.05, 0) is 35.2 Å². The molecule has 0 radical (unpaired) electrons. The van der Waals surface area contributed by atoms with Gasteiger partial charge in [0.25, 0.3) is 0 Å². The Morgan fingerprint density at radius 3 is 2.62 bits per heavy atom. The van der Waals surface area contributed by atoms with Gasteiger partial charge in [-0.2, -0.15) is 0 Å². The Morgan fingerprint density at radius 2 is 2.00 bits per heavy atom. The van der Waals surface area contributed by atoms with Crippen LogP contribution < -0.4 is 10.6 Å². The summed E-state index contributed by atoms with van der Waals surface area (Å²) >= 11 is 3.52. The first-order valence-corrected chi connectivity index (χ1v) is 6.58. The van der Waals surface area contributed by atoms with Gasteiger partial charge < -0.3 is 10.6 Å². The fourth-order valence-corrected chi connectivity index (χ4v) is 2.07. The summed E-state index contributed by atoms with van der Waals surface area (Å²) in [6.45, 7) is 3.90. The molecule has 2 rings (SSSR count). The van der Waals surface area contributed by atoms with Gasteiger partial charge in [0, 0.05) is 13.1 Å². The van der Waals surface area contributed by atoms with Crippen LogP contribution in [0.2, 0.25) is 0 Å². The van der Waals surface area contributed by atoms with Crippen LogP contribution in [0, 0.1) is 5.92 Å². The van der Waals surface area contributed by atoms with Crippen LogP contribution in [0.4, 0.5) is 11.6 Å². The van der Waals surface area contributed by atoms with Crippen LogP contribution in [0.15, 0.2) is 10.8 Å². The van der Waals surface area contributed by atoms with Gasteiger partial charge in [0.1, 0.15) is 22.4 Å². The number of rotatable bonds is 6. The zero-order chi connectivity index (χ0) is 11.4. The van der Waals surface area contributed by atoms with Crippen molar-refractivity contribution in [3.05, 3.63) is 10.8 Å². The maximum Gasteiger partial charge on any atom is 0.145 e. The van der Waals surface area contributed by atoms with E-state index in [1.807, 2.05) is 0 Å². The number of nitrogens with one attached hydrogen (secondary N) is 2. The number of hydrogen-bond acceptors (Lipinski definition) is 4. The quantitative estimate of drug-likeness (QED) is 0.843. The molecule has 0 aliphatic heterocycles. The van der Waals surface area contributed by atoms with E-state index in [4.69, 9.17) is 0 Å². The van der Waals surface area contributed by atoms with Gasteiger partial charge in [0.2, 0.25) is 0 Å². The molecule has 1 aliphatic carbocycles. The molecule has 1 aromatic rings. The molecule has 88 valence electrons. The number of hydrogen-bond donors (Lipinski definition) is 2. The summed E-state index contributed by atoms with van der Waals surface area (Å²) in [5, 5.41) is 6.53. The van der Waals surface area contributed by atoms with Crippen LogP contribution >= 0.6 is 15.9 Å². The number of anilines is 2. The lowest BCUT2D eigenvalue weighted by atomic mass is 10.3. The second-order valence-electron chi connectivity index (χ2n) is 4.07. The van der Waals surface area contributed by atoms with Crippen molar-refractivity contribution >= 4 is 27.6 Å². The van der Waals surface area contributed by atoms with Gasteiger partial charge in [-0.25, -0.2) is 9.97 Å². The molecule has 2 N–H and O–H groups in total. The van der Waals surface area contributed by atoms with Crippen molar-refractivity contribution in [3.8, 4) is 0 Å². The third-order valence-corrected chi connectivity index (χ3v) is 3.43. The van der Waals surface area contributed by atoms with Crippen molar-refractivity contribution in [3.63, 3.8) is 0 Å². The number of halogens is 1. The minimum atomic E-state index is 0.853. The van der Waals surface area contributed by atoms with Gasteiger partial charge in [0.15, 0.2) is 0 Å². The lowest BCUT2D eigenvalue weighted by molar-refractivity contribution is 0.757. The number of aromatic nitrogens is 2.